The largest absolute Gasteiger partial charge is 0.314 e. The normalized spacial score (nSPS) is 11.6. The van der Waals surface area contributed by atoms with Gasteiger partial charge in [0.1, 0.15) is 6.54 Å². The molecule has 0 rings (SSSR count). The molecule has 0 spiro atoms. The van der Waals surface area contributed by atoms with Crippen molar-refractivity contribution in [2.24, 2.45) is 0 Å². The van der Waals surface area contributed by atoms with Crippen LogP contribution in [0.1, 0.15) is 188 Å². The van der Waals surface area contributed by atoms with Gasteiger partial charge in [0.15, 0.2) is 0 Å². The maximum absolute atomic E-state index is 3.73. The number of quaternary nitrogens is 1. The van der Waals surface area contributed by atoms with Gasteiger partial charge in [0.2, 0.25) is 0 Å². The fraction of sp³-hybridized carbons (Fsp3) is 0.943. The molecule has 214 valence electrons. The summed E-state index contributed by atoms with van der Waals surface area (Å²) in [5.74, 6) is 7.36. The molecule has 0 unspecified atom stereocenters. The summed E-state index contributed by atoms with van der Waals surface area (Å²) in [6, 6.07) is 0. The van der Waals surface area contributed by atoms with E-state index in [-0.39, 0.29) is 0 Å². The highest BCUT2D eigenvalue weighted by molar-refractivity contribution is 4.99. The molecular weight excluding hydrogens is 434 g/mol. The van der Waals surface area contributed by atoms with Crippen molar-refractivity contribution in [3.63, 3.8) is 0 Å². The van der Waals surface area contributed by atoms with Gasteiger partial charge in [-0.15, -0.1) is 0 Å². The Morgan fingerprint density at radius 3 is 1.00 bits per heavy atom. The van der Waals surface area contributed by atoms with Gasteiger partial charge in [-0.3, -0.25) is 0 Å². The third kappa shape index (κ3) is 23.9. The Morgan fingerprint density at radius 2 is 0.639 bits per heavy atom. The van der Waals surface area contributed by atoms with Crippen molar-refractivity contribution in [2.75, 3.05) is 26.2 Å². The number of hydrogen-bond donors (Lipinski definition) is 0. The molecule has 0 fully saturated rings. The molecule has 1 nitrogen and oxygen atoms in total. The topological polar surface area (TPSA) is 0 Å². The van der Waals surface area contributed by atoms with E-state index in [0.717, 1.165) is 13.0 Å². The third-order valence-corrected chi connectivity index (χ3v) is 8.15. The van der Waals surface area contributed by atoms with Crippen LogP contribution < -0.4 is 0 Å². The first-order valence-corrected chi connectivity index (χ1v) is 17.1. The second kappa shape index (κ2) is 29.1. The van der Waals surface area contributed by atoms with Crippen molar-refractivity contribution in [3.8, 4) is 11.8 Å². The highest BCUT2D eigenvalue weighted by Crippen LogP contribution is 2.18. The molecule has 0 saturated heterocycles. The molecule has 0 heterocycles. The van der Waals surface area contributed by atoms with Crippen molar-refractivity contribution in [3.05, 3.63) is 0 Å². The number of unbranched alkanes of at least 4 members (excludes halogenated alkanes) is 21. The van der Waals surface area contributed by atoms with Gasteiger partial charge < -0.3 is 4.48 Å². The van der Waals surface area contributed by atoms with Crippen LogP contribution in [-0.4, -0.2) is 30.7 Å². The molecule has 36 heavy (non-hydrogen) atoms. The lowest BCUT2D eigenvalue weighted by Crippen LogP contribution is -2.50. The van der Waals surface area contributed by atoms with Crippen molar-refractivity contribution in [1.82, 2.24) is 0 Å². The van der Waals surface area contributed by atoms with E-state index in [1.165, 1.54) is 178 Å². The van der Waals surface area contributed by atoms with E-state index in [1.54, 1.807) is 0 Å². The van der Waals surface area contributed by atoms with Gasteiger partial charge in [-0.05, 0) is 50.9 Å². The SMILES string of the molecule is CCCCCCCCC#CC[N+](CCCCCCCC)(CCCCCCCC)CCCCCCCC. The van der Waals surface area contributed by atoms with Crippen LogP contribution in [0.25, 0.3) is 0 Å². The van der Waals surface area contributed by atoms with Crippen molar-refractivity contribution < 1.29 is 4.48 Å². The van der Waals surface area contributed by atoms with Crippen LogP contribution in [0.2, 0.25) is 0 Å². The van der Waals surface area contributed by atoms with E-state index in [2.05, 4.69) is 39.5 Å². The Bertz CT molecular complexity index is 430. The molecule has 0 saturated carbocycles. The van der Waals surface area contributed by atoms with E-state index in [1.807, 2.05) is 0 Å². The quantitative estimate of drug-likeness (QED) is 0.0564. The molecule has 0 amide bonds. The van der Waals surface area contributed by atoms with E-state index >= 15 is 0 Å². The van der Waals surface area contributed by atoms with E-state index in [0.29, 0.717) is 0 Å². The zero-order valence-electron chi connectivity index (χ0n) is 26.0. The Kier molecular flexibility index (Phi) is 28.7. The molecule has 0 radical (unpaired) electrons. The van der Waals surface area contributed by atoms with Crippen molar-refractivity contribution >= 4 is 0 Å². The van der Waals surface area contributed by atoms with E-state index in [9.17, 15) is 0 Å². The van der Waals surface area contributed by atoms with Gasteiger partial charge in [-0.2, -0.15) is 0 Å². The first kappa shape index (κ1) is 35.5. The maximum Gasteiger partial charge on any atom is 0.140 e. The molecule has 0 aliphatic rings. The smallest absolute Gasteiger partial charge is 0.140 e. The molecular formula is C35H70N+. The molecule has 0 N–H and O–H groups in total. The average Bonchev–Trinajstić information content (AvgIpc) is 2.89. The Morgan fingerprint density at radius 1 is 0.333 bits per heavy atom. The zero-order chi connectivity index (χ0) is 26.4. The Hall–Kier alpha value is -0.480. The van der Waals surface area contributed by atoms with Crippen LogP contribution in [0, 0.1) is 11.8 Å². The minimum Gasteiger partial charge on any atom is -0.314 e. The second-order valence-electron chi connectivity index (χ2n) is 11.8. The Labute approximate surface area is 230 Å². The summed E-state index contributed by atoms with van der Waals surface area (Å²) in [4.78, 5) is 0. The van der Waals surface area contributed by atoms with Crippen molar-refractivity contribution in [1.29, 1.82) is 0 Å². The predicted octanol–water partition coefficient (Wildman–Crippen LogP) is 11.6. The summed E-state index contributed by atoms with van der Waals surface area (Å²) in [5, 5.41) is 0. The lowest BCUT2D eigenvalue weighted by molar-refractivity contribution is -0.922. The fourth-order valence-corrected chi connectivity index (χ4v) is 5.56. The molecule has 0 bridgehead atoms. The summed E-state index contributed by atoms with van der Waals surface area (Å²) in [5.41, 5.74) is 0. The molecule has 0 aromatic heterocycles. The molecule has 0 aromatic carbocycles. The molecule has 0 aliphatic heterocycles. The van der Waals surface area contributed by atoms with Crippen LogP contribution in [0.5, 0.6) is 0 Å². The van der Waals surface area contributed by atoms with E-state index < -0.39 is 0 Å². The Balaban J connectivity index is 4.88. The van der Waals surface area contributed by atoms with Crippen LogP contribution in [-0.2, 0) is 0 Å². The van der Waals surface area contributed by atoms with Gasteiger partial charge >= 0.3 is 0 Å². The van der Waals surface area contributed by atoms with E-state index in [4.69, 9.17) is 0 Å². The molecule has 0 aliphatic carbocycles. The predicted molar refractivity (Wildman–Crippen MR) is 166 cm³/mol. The number of rotatable bonds is 28. The molecule has 0 atom stereocenters. The van der Waals surface area contributed by atoms with Crippen molar-refractivity contribution in [2.45, 2.75) is 188 Å². The summed E-state index contributed by atoms with van der Waals surface area (Å²) in [6.07, 6.45) is 34.8. The average molecular weight is 505 g/mol. The zero-order valence-corrected chi connectivity index (χ0v) is 26.0. The highest BCUT2D eigenvalue weighted by atomic mass is 15.3. The first-order chi connectivity index (χ1) is 17.7. The lowest BCUT2D eigenvalue weighted by atomic mass is 10.1. The molecule has 1 heteroatoms. The number of hydrogen-bond acceptors (Lipinski definition) is 0. The lowest BCUT2D eigenvalue weighted by Gasteiger charge is -2.38. The van der Waals surface area contributed by atoms with Crippen LogP contribution in [0.3, 0.4) is 0 Å². The van der Waals surface area contributed by atoms with Crippen LogP contribution in [0.4, 0.5) is 0 Å². The van der Waals surface area contributed by atoms with Crippen LogP contribution >= 0.6 is 0 Å². The van der Waals surface area contributed by atoms with Crippen LogP contribution in [0.15, 0.2) is 0 Å². The standard InChI is InChI=1S/C35H70N/c1-5-9-13-17-21-22-23-27-31-35-36(32-28-24-18-14-10-6-2,33-29-25-19-15-11-7-3)34-30-26-20-16-12-8-4/h5-26,28-30,32-35H2,1-4H3/q+1. The highest BCUT2D eigenvalue weighted by Gasteiger charge is 2.25. The van der Waals surface area contributed by atoms with Gasteiger partial charge in [-0.25, -0.2) is 0 Å². The van der Waals surface area contributed by atoms with Gasteiger partial charge in [-0.1, -0.05) is 143 Å². The fourth-order valence-electron chi connectivity index (χ4n) is 5.56. The van der Waals surface area contributed by atoms with Gasteiger partial charge in [0.25, 0.3) is 0 Å². The van der Waals surface area contributed by atoms with Gasteiger partial charge in [0, 0.05) is 6.42 Å². The summed E-state index contributed by atoms with van der Waals surface area (Å²) >= 11 is 0. The minimum atomic E-state index is 1.12. The number of nitrogens with zero attached hydrogens (tertiary/aromatic N) is 1. The van der Waals surface area contributed by atoms with Gasteiger partial charge in [0.05, 0.1) is 19.6 Å². The second-order valence-corrected chi connectivity index (χ2v) is 11.8. The maximum atomic E-state index is 3.73. The first-order valence-electron chi connectivity index (χ1n) is 17.1. The third-order valence-electron chi connectivity index (χ3n) is 8.15. The summed E-state index contributed by atoms with van der Waals surface area (Å²) in [6.45, 7) is 14.5. The minimum absolute atomic E-state index is 1.12. The molecule has 0 aromatic rings. The summed E-state index contributed by atoms with van der Waals surface area (Å²) < 4.78 is 1.30. The summed E-state index contributed by atoms with van der Waals surface area (Å²) in [7, 11) is 0. The monoisotopic (exact) mass is 505 g/mol.